The summed E-state index contributed by atoms with van der Waals surface area (Å²) in [4.78, 5) is 3.93. The molecule has 1 aromatic heterocycles. The Morgan fingerprint density at radius 2 is 1.83 bits per heavy atom. The van der Waals surface area contributed by atoms with E-state index in [4.69, 9.17) is 0 Å². The maximum Gasteiger partial charge on any atom is 0.262 e. The molecule has 4 rings (SSSR count). The molecule has 30 heavy (non-hydrogen) atoms. The highest BCUT2D eigenvalue weighted by Gasteiger charge is 2.28. The molecule has 0 aliphatic carbocycles. The Hall–Kier alpha value is -2.30. The van der Waals surface area contributed by atoms with Gasteiger partial charge in [0.2, 0.25) is 5.52 Å². The van der Waals surface area contributed by atoms with Gasteiger partial charge in [-0.05, 0) is 45.4 Å². The molecular weight excluding hydrogens is 404 g/mol. The van der Waals surface area contributed by atoms with E-state index in [9.17, 15) is 0 Å². The summed E-state index contributed by atoms with van der Waals surface area (Å²) in [7, 11) is 0. The summed E-state index contributed by atoms with van der Waals surface area (Å²) in [6.45, 7) is 8.73. The van der Waals surface area contributed by atoms with E-state index in [1.807, 2.05) is 23.1 Å². The molecule has 0 radical (unpaired) electrons. The Morgan fingerprint density at radius 3 is 2.67 bits per heavy atom. The summed E-state index contributed by atoms with van der Waals surface area (Å²) in [5.41, 5.74) is 4.11. The third kappa shape index (κ3) is 4.40. The molecule has 0 fully saturated rings. The van der Waals surface area contributed by atoms with E-state index in [2.05, 4.69) is 109 Å². The Kier molecular flexibility index (Phi) is 6.76. The van der Waals surface area contributed by atoms with Crippen molar-refractivity contribution in [3.05, 3.63) is 83.4 Å². The number of hydrogen-bond acceptors (Lipinski definition) is 3. The van der Waals surface area contributed by atoms with Crippen LogP contribution in [0.25, 0.3) is 16.3 Å². The largest absolute Gasteiger partial charge is 0.358 e. The topological polar surface area (TPSA) is 7.12 Å². The number of benzene rings is 2. The fourth-order valence-corrected chi connectivity index (χ4v) is 6.59. The molecule has 0 saturated heterocycles. The molecule has 2 aromatic carbocycles. The fourth-order valence-electron chi connectivity index (χ4n) is 3.95. The molecule has 0 saturated carbocycles. The van der Waals surface area contributed by atoms with E-state index >= 15 is 0 Å². The van der Waals surface area contributed by atoms with Crippen LogP contribution in [0.1, 0.15) is 32.2 Å². The molecule has 0 spiro atoms. The predicted molar refractivity (Wildman–Crippen MR) is 133 cm³/mol. The molecule has 2 nitrogen and oxygen atoms in total. The third-order valence-electron chi connectivity index (χ3n) is 5.42. The van der Waals surface area contributed by atoms with Crippen LogP contribution in [0.5, 0.6) is 0 Å². The van der Waals surface area contributed by atoms with E-state index in [0.29, 0.717) is 5.37 Å². The standard InChI is InChI=1S/C26H29N2S2/c1-4-27-21-14-9-11-16-23(21)29-25(27)18-8-6-7-13-20(3)19-26-28(5-2)22-15-10-12-17-24(22)30-26/h6-18,26H,4-5,19H2,1-3H3/q+1. The normalized spacial score (nSPS) is 17.0. The molecule has 1 unspecified atom stereocenters. The lowest BCUT2D eigenvalue weighted by molar-refractivity contribution is -0.665. The first-order valence-corrected chi connectivity index (χ1v) is 12.3. The van der Waals surface area contributed by atoms with Gasteiger partial charge in [-0.25, -0.2) is 0 Å². The molecule has 0 amide bonds. The van der Waals surface area contributed by atoms with Gasteiger partial charge in [0.05, 0.1) is 11.1 Å². The summed E-state index contributed by atoms with van der Waals surface area (Å²) >= 11 is 3.84. The van der Waals surface area contributed by atoms with Crippen LogP contribution in [0, 0.1) is 0 Å². The van der Waals surface area contributed by atoms with Gasteiger partial charge in [0, 0.05) is 23.6 Å². The molecule has 4 heteroatoms. The van der Waals surface area contributed by atoms with E-state index in [-0.39, 0.29) is 0 Å². The second-order valence-corrected chi connectivity index (χ2v) is 9.72. The summed E-state index contributed by atoms with van der Waals surface area (Å²) in [5, 5.41) is 1.79. The van der Waals surface area contributed by atoms with Crippen molar-refractivity contribution in [1.82, 2.24) is 0 Å². The molecule has 3 aromatic rings. The average molecular weight is 434 g/mol. The second kappa shape index (κ2) is 9.67. The first-order chi connectivity index (χ1) is 14.7. The van der Waals surface area contributed by atoms with Gasteiger partial charge in [-0.2, -0.15) is 4.57 Å². The first kappa shape index (κ1) is 21.0. The Bertz CT molecular complexity index is 1110. The SMILES string of the molecule is CCN1c2ccccc2SC1CC(C)=CC=CC=Cc1sc2ccccc2[n+]1CC. The lowest BCUT2D eigenvalue weighted by Crippen LogP contribution is -2.33. The van der Waals surface area contributed by atoms with Crippen molar-refractivity contribution in [2.45, 2.75) is 44.0 Å². The van der Waals surface area contributed by atoms with Gasteiger partial charge in [0.1, 0.15) is 11.2 Å². The maximum absolute atomic E-state index is 2.52. The number of fused-ring (bicyclic) bond motifs is 2. The maximum atomic E-state index is 2.52. The fraction of sp³-hybridized carbons (Fsp3) is 0.269. The highest BCUT2D eigenvalue weighted by molar-refractivity contribution is 8.00. The minimum atomic E-state index is 0.495. The third-order valence-corrected chi connectivity index (χ3v) is 7.84. The number of aryl methyl sites for hydroxylation is 1. The second-order valence-electron chi connectivity index (χ2n) is 7.44. The average Bonchev–Trinajstić information content (AvgIpc) is 3.30. The summed E-state index contributed by atoms with van der Waals surface area (Å²) in [5.74, 6) is 0. The van der Waals surface area contributed by atoms with Gasteiger partial charge < -0.3 is 4.90 Å². The zero-order chi connectivity index (χ0) is 20.9. The van der Waals surface area contributed by atoms with E-state index in [0.717, 1.165) is 19.5 Å². The van der Waals surface area contributed by atoms with Gasteiger partial charge >= 0.3 is 0 Å². The van der Waals surface area contributed by atoms with Crippen molar-refractivity contribution < 1.29 is 4.57 Å². The zero-order valence-electron chi connectivity index (χ0n) is 17.9. The number of rotatable bonds is 7. The molecule has 1 atom stereocenters. The van der Waals surface area contributed by atoms with Crippen LogP contribution in [0.15, 0.2) is 83.3 Å². The van der Waals surface area contributed by atoms with Crippen molar-refractivity contribution in [3.8, 4) is 0 Å². The molecule has 0 N–H and O–H groups in total. The minimum absolute atomic E-state index is 0.495. The summed E-state index contributed by atoms with van der Waals surface area (Å²) in [6.07, 6.45) is 12.0. The molecular formula is C26H29N2S2+. The van der Waals surface area contributed by atoms with Gasteiger partial charge in [0.15, 0.2) is 0 Å². The van der Waals surface area contributed by atoms with Crippen LogP contribution < -0.4 is 9.47 Å². The van der Waals surface area contributed by atoms with Crippen molar-refractivity contribution in [1.29, 1.82) is 0 Å². The van der Waals surface area contributed by atoms with Crippen LogP contribution in [0.3, 0.4) is 0 Å². The number of aromatic nitrogens is 1. The minimum Gasteiger partial charge on any atom is -0.358 e. The predicted octanol–water partition coefficient (Wildman–Crippen LogP) is 7.07. The molecule has 1 aliphatic rings. The molecule has 2 heterocycles. The smallest absolute Gasteiger partial charge is 0.262 e. The van der Waals surface area contributed by atoms with Crippen LogP contribution in [0.2, 0.25) is 0 Å². The number of thioether (sulfide) groups is 1. The Balaban J connectivity index is 1.39. The lowest BCUT2D eigenvalue weighted by Gasteiger charge is -2.25. The number of para-hydroxylation sites is 2. The van der Waals surface area contributed by atoms with E-state index in [1.54, 1.807) is 0 Å². The molecule has 154 valence electrons. The molecule has 0 bridgehead atoms. The van der Waals surface area contributed by atoms with Crippen LogP contribution in [0.4, 0.5) is 5.69 Å². The number of hydrogen-bond donors (Lipinski definition) is 0. The van der Waals surface area contributed by atoms with Gasteiger partial charge in [-0.1, -0.05) is 77.2 Å². The van der Waals surface area contributed by atoms with Gasteiger partial charge in [-0.3, -0.25) is 0 Å². The number of nitrogens with zero attached hydrogens (tertiary/aromatic N) is 2. The van der Waals surface area contributed by atoms with E-state index in [1.165, 1.54) is 31.4 Å². The van der Waals surface area contributed by atoms with Crippen molar-refractivity contribution in [2.75, 3.05) is 11.4 Å². The monoisotopic (exact) mass is 433 g/mol. The highest BCUT2D eigenvalue weighted by atomic mass is 32.2. The number of allylic oxidation sites excluding steroid dienone is 4. The van der Waals surface area contributed by atoms with Crippen LogP contribution in [-0.2, 0) is 6.54 Å². The first-order valence-electron chi connectivity index (χ1n) is 10.7. The van der Waals surface area contributed by atoms with Gasteiger partial charge in [0.25, 0.3) is 5.01 Å². The van der Waals surface area contributed by atoms with Crippen LogP contribution >= 0.6 is 23.1 Å². The summed E-state index contributed by atoms with van der Waals surface area (Å²) < 4.78 is 3.72. The number of thiazole rings is 1. The quantitative estimate of drug-likeness (QED) is 0.290. The zero-order valence-corrected chi connectivity index (χ0v) is 19.5. The highest BCUT2D eigenvalue weighted by Crippen LogP contribution is 2.44. The lowest BCUT2D eigenvalue weighted by atomic mass is 10.1. The van der Waals surface area contributed by atoms with Crippen LogP contribution in [-0.4, -0.2) is 11.9 Å². The Labute approximate surface area is 188 Å². The Morgan fingerprint density at radius 1 is 1.03 bits per heavy atom. The molecule has 1 aliphatic heterocycles. The van der Waals surface area contributed by atoms with Gasteiger partial charge in [-0.15, -0.1) is 0 Å². The number of anilines is 1. The summed E-state index contributed by atoms with van der Waals surface area (Å²) in [6, 6.07) is 17.4. The van der Waals surface area contributed by atoms with E-state index < -0.39 is 0 Å². The van der Waals surface area contributed by atoms with Crippen molar-refractivity contribution in [3.63, 3.8) is 0 Å². The van der Waals surface area contributed by atoms with Crippen molar-refractivity contribution in [2.24, 2.45) is 0 Å². The van der Waals surface area contributed by atoms with Crippen molar-refractivity contribution >= 4 is 45.1 Å².